The quantitative estimate of drug-likeness (QED) is 0.844. The molecular formula is C13H25Cl2N3O. The summed E-state index contributed by atoms with van der Waals surface area (Å²) in [5, 5.41) is 3.25. The molecule has 3 rings (SSSR count). The van der Waals surface area contributed by atoms with E-state index in [4.69, 9.17) is 0 Å². The molecule has 0 bridgehead atoms. The molecule has 0 spiro atoms. The van der Waals surface area contributed by atoms with Gasteiger partial charge in [0.05, 0.1) is 0 Å². The van der Waals surface area contributed by atoms with Crippen molar-refractivity contribution in [2.75, 3.05) is 39.3 Å². The van der Waals surface area contributed by atoms with Crippen LogP contribution in [0.2, 0.25) is 0 Å². The second-order valence-corrected chi connectivity index (χ2v) is 5.80. The zero-order valence-electron chi connectivity index (χ0n) is 11.5. The summed E-state index contributed by atoms with van der Waals surface area (Å²) >= 11 is 0. The third kappa shape index (κ3) is 3.75. The van der Waals surface area contributed by atoms with E-state index in [1.165, 1.54) is 12.8 Å². The third-order valence-corrected chi connectivity index (χ3v) is 4.60. The van der Waals surface area contributed by atoms with Gasteiger partial charge in [-0.3, -0.25) is 9.69 Å². The number of halogens is 2. The molecular weight excluding hydrogens is 285 g/mol. The maximum absolute atomic E-state index is 12.3. The van der Waals surface area contributed by atoms with Gasteiger partial charge in [-0.2, -0.15) is 0 Å². The first kappa shape index (κ1) is 17.0. The molecule has 0 aromatic rings. The number of carbonyl (C=O) groups is 1. The smallest absolute Gasteiger partial charge is 0.225 e. The highest BCUT2D eigenvalue weighted by molar-refractivity contribution is 5.85. The van der Waals surface area contributed by atoms with Crippen LogP contribution in [0.25, 0.3) is 0 Å². The van der Waals surface area contributed by atoms with Gasteiger partial charge >= 0.3 is 0 Å². The Balaban J connectivity index is 0.000000902. The number of carbonyl (C=O) groups excluding carboxylic acids is 1. The van der Waals surface area contributed by atoms with Gasteiger partial charge < -0.3 is 10.2 Å². The molecule has 1 aliphatic carbocycles. The molecule has 1 saturated carbocycles. The van der Waals surface area contributed by atoms with Crippen LogP contribution >= 0.6 is 24.8 Å². The Kier molecular flexibility index (Phi) is 6.37. The number of hydrogen-bond donors (Lipinski definition) is 1. The predicted molar refractivity (Wildman–Crippen MR) is 81.2 cm³/mol. The monoisotopic (exact) mass is 309 g/mol. The minimum Gasteiger partial charge on any atom is -0.340 e. The van der Waals surface area contributed by atoms with E-state index < -0.39 is 0 Å². The molecule has 112 valence electrons. The molecule has 1 amide bonds. The number of piperazine rings is 1. The Morgan fingerprint density at radius 3 is 2.11 bits per heavy atom. The van der Waals surface area contributed by atoms with E-state index in [2.05, 4.69) is 22.0 Å². The summed E-state index contributed by atoms with van der Waals surface area (Å²) in [6, 6.07) is 0.848. The van der Waals surface area contributed by atoms with Crippen molar-refractivity contribution in [3.8, 4) is 0 Å². The van der Waals surface area contributed by atoms with Crippen LogP contribution in [0.15, 0.2) is 0 Å². The van der Waals surface area contributed by atoms with Gasteiger partial charge in [0.2, 0.25) is 5.91 Å². The first-order valence-corrected chi connectivity index (χ1v) is 6.99. The van der Waals surface area contributed by atoms with Crippen molar-refractivity contribution in [1.82, 2.24) is 15.1 Å². The highest BCUT2D eigenvalue weighted by atomic mass is 35.5. The van der Waals surface area contributed by atoms with E-state index in [1.54, 1.807) is 0 Å². The van der Waals surface area contributed by atoms with Crippen molar-refractivity contribution in [2.45, 2.75) is 25.8 Å². The number of nitrogens with zero attached hydrogens (tertiary/aromatic N) is 2. The van der Waals surface area contributed by atoms with Crippen molar-refractivity contribution in [3.05, 3.63) is 0 Å². The molecule has 0 aromatic carbocycles. The predicted octanol–water partition coefficient (Wildman–Crippen LogP) is 0.992. The van der Waals surface area contributed by atoms with Gasteiger partial charge in [0.25, 0.3) is 0 Å². The number of nitrogens with one attached hydrogen (secondary N) is 1. The van der Waals surface area contributed by atoms with Crippen LogP contribution < -0.4 is 5.32 Å². The molecule has 3 fully saturated rings. The van der Waals surface area contributed by atoms with Crippen LogP contribution in [0.5, 0.6) is 0 Å². The number of rotatable bonds is 3. The third-order valence-electron chi connectivity index (χ3n) is 4.60. The van der Waals surface area contributed by atoms with Gasteiger partial charge in [-0.15, -0.1) is 24.8 Å². The van der Waals surface area contributed by atoms with E-state index >= 15 is 0 Å². The summed E-state index contributed by atoms with van der Waals surface area (Å²) in [6.07, 6.45) is 2.75. The molecule has 0 radical (unpaired) electrons. The molecule has 2 heterocycles. The van der Waals surface area contributed by atoms with Crippen LogP contribution in [0.3, 0.4) is 0 Å². The van der Waals surface area contributed by atoms with E-state index in [-0.39, 0.29) is 30.7 Å². The van der Waals surface area contributed by atoms with Gasteiger partial charge in [-0.05, 0) is 31.8 Å². The molecule has 1 unspecified atom stereocenters. The molecule has 6 heteroatoms. The minimum atomic E-state index is 0. The average molecular weight is 310 g/mol. The van der Waals surface area contributed by atoms with Gasteiger partial charge in [0.15, 0.2) is 0 Å². The second-order valence-electron chi connectivity index (χ2n) is 5.80. The molecule has 4 nitrogen and oxygen atoms in total. The van der Waals surface area contributed by atoms with Gasteiger partial charge in [-0.25, -0.2) is 0 Å². The lowest BCUT2D eigenvalue weighted by Gasteiger charge is -2.39. The maximum atomic E-state index is 12.3. The van der Waals surface area contributed by atoms with E-state index in [0.717, 1.165) is 45.3 Å². The molecule has 0 aromatic heterocycles. The molecule has 2 saturated heterocycles. The SMILES string of the molecule is CC(C(=O)N1CCN(C2CC2)CC1)C1CNC1.Cl.Cl. The molecule has 1 N–H and O–H groups in total. The summed E-state index contributed by atoms with van der Waals surface area (Å²) in [5.74, 6) is 1.17. The van der Waals surface area contributed by atoms with Crippen molar-refractivity contribution >= 4 is 30.7 Å². The van der Waals surface area contributed by atoms with Crippen molar-refractivity contribution in [2.24, 2.45) is 11.8 Å². The average Bonchev–Trinajstić information content (AvgIpc) is 3.10. The standard InChI is InChI=1S/C13H23N3O.2ClH/c1-10(11-8-14-9-11)13(17)16-6-4-15(5-7-16)12-2-3-12;;/h10-12,14H,2-9H2,1H3;2*1H. The minimum absolute atomic E-state index is 0. The van der Waals surface area contributed by atoms with Crippen LogP contribution in [0.1, 0.15) is 19.8 Å². The first-order chi connectivity index (χ1) is 8.25. The van der Waals surface area contributed by atoms with Gasteiger partial charge in [0.1, 0.15) is 0 Å². The maximum Gasteiger partial charge on any atom is 0.225 e. The van der Waals surface area contributed by atoms with Crippen LogP contribution in [0, 0.1) is 11.8 Å². The van der Waals surface area contributed by atoms with Gasteiger partial charge in [0, 0.05) is 38.1 Å². The Labute approximate surface area is 128 Å². The zero-order chi connectivity index (χ0) is 11.8. The molecule has 19 heavy (non-hydrogen) atoms. The van der Waals surface area contributed by atoms with Crippen molar-refractivity contribution in [1.29, 1.82) is 0 Å². The van der Waals surface area contributed by atoms with Crippen LogP contribution in [0.4, 0.5) is 0 Å². The Bertz CT molecular complexity index is 300. The Morgan fingerprint density at radius 1 is 1.11 bits per heavy atom. The number of hydrogen-bond acceptors (Lipinski definition) is 3. The van der Waals surface area contributed by atoms with Crippen LogP contribution in [-0.2, 0) is 4.79 Å². The Morgan fingerprint density at radius 2 is 1.68 bits per heavy atom. The number of amides is 1. The zero-order valence-corrected chi connectivity index (χ0v) is 13.1. The fraction of sp³-hybridized carbons (Fsp3) is 0.923. The lowest BCUT2D eigenvalue weighted by molar-refractivity contribution is -0.139. The fourth-order valence-corrected chi connectivity index (χ4v) is 2.90. The topological polar surface area (TPSA) is 35.6 Å². The van der Waals surface area contributed by atoms with Crippen molar-refractivity contribution < 1.29 is 4.79 Å². The van der Waals surface area contributed by atoms with Crippen LogP contribution in [-0.4, -0.2) is 61.0 Å². The lowest BCUT2D eigenvalue weighted by atomic mass is 9.88. The van der Waals surface area contributed by atoms with E-state index in [0.29, 0.717) is 11.8 Å². The summed E-state index contributed by atoms with van der Waals surface area (Å²) in [4.78, 5) is 16.9. The highest BCUT2D eigenvalue weighted by Gasteiger charge is 2.35. The lowest BCUT2D eigenvalue weighted by Crippen LogP contribution is -2.54. The second kappa shape index (κ2) is 7.11. The Hall–Kier alpha value is -0.0300. The summed E-state index contributed by atoms with van der Waals surface area (Å²) in [7, 11) is 0. The van der Waals surface area contributed by atoms with E-state index in [9.17, 15) is 4.79 Å². The first-order valence-electron chi connectivity index (χ1n) is 6.99. The molecule has 1 atom stereocenters. The fourth-order valence-electron chi connectivity index (χ4n) is 2.90. The van der Waals surface area contributed by atoms with Crippen molar-refractivity contribution in [3.63, 3.8) is 0 Å². The normalized spacial score (nSPS) is 25.8. The van der Waals surface area contributed by atoms with Gasteiger partial charge in [-0.1, -0.05) is 6.92 Å². The summed E-state index contributed by atoms with van der Waals surface area (Å²) in [6.45, 7) is 8.21. The molecule has 3 aliphatic rings. The highest BCUT2D eigenvalue weighted by Crippen LogP contribution is 2.28. The summed E-state index contributed by atoms with van der Waals surface area (Å²) < 4.78 is 0. The summed E-state index contributed by atoms with van der Waals surface area (Å²) in [5.41, 5.74) is 0. The van der Waals surface area contributed by atoms with E-state index in [1.807, 2.05) is 0 Å². The molecule has 2 aliphatic heterocycles. The largest absolute Gasteiger partial charge is 0.340 e.